The third kappa shape index (κ3) is 2.33. The lowest BCUT2D eigenvalue weighted by molar-refractivity contribution is -0.141. The molecule has 1 atom stereocenters. The molecule has 1 heterocycles. The Labute approximate surface area is 94.2 Å². The number of rotatable bonds is 2. The average molecular weight is 221 g/mol. The molecule has 1 aromatic carbocycles. The van der Waals surface area contributed by atoms with E-state index in [4.69, 9.17) is 0 Å². The van der Waals surface area contributed by atoms with Gasteiger partial charge in [-0.05, 0) is 29.7 Å². The molecule has 0 saturated heterocycles. The molecule has 1 aliphatic heterocycles. The van der Waals surface area contributed by atoms with Gasteiger partial charge >= 0.3 is 5.97 Å². The fraction of sp³-hybridized carbons (Fsp3) is 0.417. The number of methoxy groups -OCH3 is 1. The zero-order chi connectivity index (χ0) is 11.5. The molecule has 0 spiro atoms. The van der Waals surface area contributed by atoms with E-state index in [0.717, 1.165) is 12.0 Å². The molecule has 4 nitrogen and oxygen atoms in total. The molecule has 1 unspecified atom stereocenters. The highest BCUT2D eigenvalue weighted by atomic mass is 16.5. The summed E-state index contributed by atoms with van der Waals surface area (Å²) in [4.78, 5) is 11.1. The Morgan fingerprint density at radius 3 is 3.12 bits per heavy atom. The summed E-state index contributed by atoms with van der Waals surface area (Å²) in [6.45, 7) is 0.686. The normalized spacial score (nSPS) is 18.9. The van der Waals surface area contributed by atoms with E-state index in [1.165, 1.54) is 12.7 Å². The van der Waals surface area contributed by atoms with Gasteiger partial charge in [-0.1, -0.05) is 6.07 Å². The highest BCUT2D eigenvalue weighted by Crippen LogP contribution is 2.22. The largest absolute Gasteiger partial charge is 0.508 e. The van der Waals surface area contributed by atoms with Gasteiger partial charge in [-0.3, -0.25) is 4.79 Å². The van der Waals surface area contributed by atoms with Crippen LogP contribution < -0.4 is 5.32 Å². The van der Waals surface area contributed by atoms with Crippen LogP contribution in [0.3, 0.4) is 0 Å². The number of benzene rings is 1. The topological polar surface area (TPSA) is 58.6 Å². The summed E-state index contributed by atoms with van der Waals surface area (Å²) in [5, 5.41) is 12.6. The van der Waals surface area contributed by atoms with Gasteiger partial charge in [-0.2, -0.15) is 0 Å². The summed E-state index contributed by atoms with van der Waals surface area (Å²) in [6.07, 6.45) is 1.18. The van der Waals surface area contributed by atoms with E-state index < -0.39 is 0 Å². The van der Waals surface area contributed by atoms with E-state index in [-0.39, 0.29) is 17.8 Å². The monoisotopic (exact) mass is 221 g/mol. The number of hydrogen-bond donors (Lipinski definition) is 2. The number of carbonyl (C=O) groups excluding carboxylic acids is 1. The maximum absolute atomic E-state index is 11.1. The first-order chi connectivity index (χ1) is 7.69. The summed E-state index contributed by atoms with van der Waals surface area (Å²) < 4.78 is 4.64. The second kappa shape index (κ2) is 4.53. The lowest BCUT2D eigenvalue weighted by atomic mass is 9.94. The highest BCUT2D eigenvalue weighted by molar-refractivity contribution is 5.70. The number of nitrogens with one attached hydrogen (secondary N) is 1. The van der Waals surface area contributed by atoms with Crippen molar-refractivity contribution in [2.75, 3.05) is 7.11 Å². The minimum Gasteiger partial charge on any atom is -0.508 e. The van der Waals surface area contributed by atoms with Crippen LogP contribution in [-0.4, -0.2) is 24.2 Å². The number of carbonyl (C=O) groups is 1. The Hall–Kier alpha value is -1.55. The van der Waals surface area contributed by atoms with Crippen LogP contribution in [0.5, 0.6) is 5.75 Å². The molecule has 0 fully saturated rings. The molecule has 0 amide bonds. The molecule has 2 N–H and O–H groups in total. The van der Waals surface area contributed by atoms with E-state index in [1.807, 2.05) is 6.07 Å². The SMILES string of the molecule is COC(=O)CC1Cc2ccc(O)cc2CN1. The Balaban J connectivity index is 2.06. The number of fused-ring (bicyclic) bond motifs is 1. The standard InChI is InChI=1S/C12H15NO3/c1-16-12(15)6-10-4-8-2-3-11(14)5-9(8)7-13-10/h2-3,5,10,13-14H,4,6-7H2,1H3. The van der Waals surface area contributed by atoms with Crippen LogP contribution in [0.1, 0.15) is 17.5 Å². The number of esters is 1. The van der Waals surface area contributed by atoms with Crippen LogP contribution in [0.2, 0.25) is 0 Å². The summed E-state index contributed by atoms with van der Waals surface area (Å²) >= 11 is 0. The lowest BCUT2D eigenvalue weighted by Gasteiger charge is -2.25. The van der Waals surface area contributed by atoms with Crippen molar-refractivity contribution in [1.82, 2.24) is 5.32 Å². The molecular formula is C12H15NO3. The maximum atomic E-state index is 11.1. The van der Waals surface area contributed by atoms with E-state index in [1.54, 1.807) is 12.1 Å². The van der Waals surface area contributed by atoms with Gasteiger partial charge < -0.3 is 15.2 Å². The third-order valence-corrected chi connectivity index (χ3v) is 2.88. The van der Waals surface area contributed by atoms with Crippen molar-refractivity contribution in [3.05, 3.63) is 29.3 Å². The molecule has 1 aliphatic rings. The zero-order valence-corrected chi connectivity index (χ0v) is 9.19. The Bertz CT molecular complexity index is 403. The second-order valence-electron chi connectivity index (χ2n) is 4.02. The number of hydrogen-bond acceptors (Lipinski definition) is 4. The van der Waals surface area contributed by atoms with Crippen molar-refractivity contribution >= 4 is 5.97 Å². The van der Waals surface area contributed by atoms with Crippen LogP contribution in [0.4, 0.5) is 0 Å². The molecule has 0 bridgehead atoms. The molecule has 0 radical (unpaired) electrons. The van der Waals surface area contributed by atoms with Gasteiger partial charge in [0.05, 0.1) is 13.5 Å². The Morgan fingerprint density at radius 1 is 1.56 bits per heavy atom. The molecule has 86 valence electrons. The lowest BCUT2D eigenvalue weighted by Crippen LogP contribution is -2.37. The smallest absolute Gasteiger partial charge is 0.307 e. The van der Waals surface area contributed by atoms with E-state index in [9.17, 15) is 9.90 Å². The quantitative estimate of drug-likeness (QED) is 0.731. The van der Waals surface area contributed by atoms with Crippen molar-refractivity contribution in [3.8, 4) is 5.75 Å². The van der Waals surface area contributed by atoms with Gasteiger partial charge in [-0.25, -0.2) is 0 Å². The zero-order valence-electron chi connectivity index (χ0n) is 9.19. The van der Waals surface area contributed by atoms with Crippen molar-refractivity contribution in [1.29, 1.82) is 0 Å². The first-order valence-electron chi connectivity index (χ1n) is 5.30. The van der Waals surface area contributed by atoms with Gasteiger partial charge in [0.25, 0.3) is 0 Å². The van der Waals surface area contributed by atoms with Crippen LogP contribution in [-0.2, 0) is 22.5 Å². The number of phenolic OH excluding ortho intramolecular Hbond substituents is 1. The number of aromatic hydroxyl groups is 1. The second-order valence-corrected chi connectivity index (χ2v) is 4.02. The molecule has 0 saturated carbocycles. The summed E-state index contributed by atoms with van der Waals surface area (Å²) in [7, 11) is 1.40. The predicted molar refractivity (Wildman–Crippen MR) is 59.1 cm³/mol. The van der Waals surface area contributed by atoms with Crippen molar-refractivity contribution in [2.45, 2.75) is 25.4 Å². The summed E-state index contributed by atoms with van der Waals surface area (Å²) in [5.41, 5.74) is 2.28. The molecule has 0 aromatic heterocycles. The number of phenols is 1. The van der Waals surface area contributed by atoms with Crippen LogP contribution in [0, 0.1) is 0 Å². The van der Waals surface area contributed by atoms with Crippen LogP contribution >= 0.6 is 0 Å². The van der Waals surface area contributed by atoms with Crippen LogP contribution in [0.25, 0.3) is 0 Å². The van der Waals surface area contributed by atoms with Crippen molar-refractivity contribution in [3.63, 3.8) is 0 Å². The van der Waals surface area contributed by atoms with Gasteiger partial charge in [0.1, 0.15) is 5.75 Å². The molecule has 4 heteroatoms. The van der Waals surface area contributed by atoms with Crippen molar-refractivity contribution < 1.29 is 14.6 Å². The van der Waals surface area contributed by atoms with E-state index in [2.05, 4.69) is 10.1 Å². The van der Waals surface area contributed by atoms with Gasteiger partial charge in [0, 0.05) is 12.6 Å². The fourth-order valence-electron chi connectivity index (χ4n) is 2.00. The molecular weight excluding hydrogens is 206 g/mol. The molecule has 1 aromatic rings. The van der Waals surface area contributed by atoms with Gasteiger partial charge in [0.2, 0.25) is 0 Å². The van der Waals surface area contributed by atoms with Crippen molar-refractivity contribution in [2.24, 2.45) is 0 Å². The first-order valence-corrected chi connectivity index (χ1v) is 5.30. The van der Waals surface area contributed by atoms with E-state index >= 15 is 0 Å². The van der Waals surface area contributed by atoms with Gasteiger partial charge in [0.15, 0.2) is 0 Å². The van der Waals surface area contributed by atoms with Crippen LogP contribution in [0.15, 0.2) is 18.2 Å². The van der Waals surface area contributed by atoms with E-state index in [0.29, 0.717) is 13.0 Å². The summed E-state index contributed by atoms with van der Waals surface area (Å²) in [6, 6.07) is 5.48. The van der Waals surface area contributed by atoms with Gasteiger partial charge in [-0.15, -0.1) is 0 Å². The Morgan fingerprint density at radius 2 is 2.38 bits per heavy atom. The Kier molecular flexibility index (Phi) is 3.10. The molecule has 0 aliphatic carbocycles. The molecule has 16 heavy (non-hydrogen) atoms. The average Bonchev–Trinajstić information content (AvgIpc) is 2.29. The third-order valence-electron chi connectivity index (χ3n) is 2.88. The molecule has 2 rings (SSSR count). The fourth-order valence-corrected chi connectivity index (χ4v) is 2.00. The predicted octanol–water partition coefficient (Wildman–Crippen LogP) is 0.970. The minimum atomic E-state index is -0.195. The minimum absolute atomic E-state index is 0.129. The maximum Gasteiger partial charge on any atom is 0.307 e. The first kappa shape index (κ1) is 11.0. The number of ether oxygens (including phenoxy) is 1. The summed E-state index contributed by atoms with van der Waals surface area (Å²) in [5.74, 6) is 0.0895. The highest BCUT2D eigenvalue weighted by Gasteiger charge is 2.20.